The molecule has 0 N–H and O–H groups in total. The fourth-order valence-corrected chi connectivity index (χ4v) is 4.17. The lowest BCUT2D eigenvalue weighted by atomic mass is 9.96. The molecule has 2 aliphatic heterocycles. The quantitative estimate of drug-likeness (QED) is 0.838. The highest BCUT2D eigenvalue weighted by molar-refractivity contribution is 5.38. The van der Waals surface area contributed by atoms with Gasteiger partial charge in [0.25, 0.3) is 0 Å². The Bertz CT molecular complexity index is 727. The van der Waals surface area contributed by atoms with E-state index in [9.17, 15) is 0 Å². The van der Waals surface area contributed by atoms with E-state index in [1.165, 1.54) is 32.4 Å². The largest absolute Gasteiger partial charge is 0.356 e. The Hall–Kier alpha value is -2.02. The Morgan fingerprint density at radius 3 is 2.54 bits per heavy atom. The number of hydrogen-bond donors (Lipinski definition) is 0. The molecule has 0 bridgehead atoms. The van der Waals surface area contributed by atoms with Gasteiger partial charge >= 0.3 is 0 Å². The monoisotopic (exact) mass is 355 g/mol. The van der Waals surface area contributed by atoms with Crippen LogP contribution in [0, 0.1) is 6.92 Å². The van der Waals surface area contributed by atoms with Crippen LogP contribution in [-0.4, -0.2) is 55.8 Å². The van der Waals surface area contributed by atoms with E-state index in [2.05, 4.69) is 41.6 Å². The van der Waals surface area contributed by atoms with Crippen molar-refractivity contribution in [3.8, 4) is 0 Å². The number of aromatic nitrogens is 5. The van der Waals surface area contributed by atoms with Crippen molar-refractivity contribution in [2.45, 2.75) is 51.5 Å². The summed E-state index contributed by atoms with van der Waals surface area (Å²) in [6.07, 6.45) is 8.03. The number of aryl methyl sites for hydroxylation is 1. The van der Waals surface area contributed by atoms with Crippen LogP contribution in [0.4, 0.5) is 5.82 Å². The van der Waals surface area contributed by atoms with Crippen molar-refractivity contribution >= 4 is 5.82 Å². The molecule has 0 spiro atoms. The first kappa shape index (κ1) is 17.4. The van der Waals surface area contributed by atoms with Crippen molar-refractivity contribution in [3.05, 3.63) is 29.7 Å². The van der Waals surface area contributed by atoms with Crippen LogP contribution in [0.15, 0.2) is 12.3 Å². The number of rotatable bonds is 4. The third-order valence-electron chi connectivity index (χ3n) is 5.76. The molecule has 7 nitrogen and oxygen atoms in total. The Kier molecular flexibility index (Phi) is 5.15. The molecule has 0 aromatic carbocycles. The molecule has 2 saturated heterocycles. The van der Waals surface area contributed by atoms with Gasteiger partial charge in [-0.25, -0.2) is 9.97 Å². The molecular weight excluding hydrogens is 326 g/mol. The van der Waals surface area contributed by atoms with Crippen LogP contribution in [0.25, 0.3) is 0 Å². The molecule has 0 aliphatic carbocycles. The molecule has 0 unspecified atom stereocenters. The zero-order valence-electron chi connectivity index (χ0n) is 15.9. The van der Waals surface area contributed by atoms with Crippen LogP contribution in [0.1, 0.15) is 55.5 Å². The van der Waals surface area contributed by atoms with Gasteiger partial charge in [0.2, 0.25) is 0 Å². The summed E-state index contributed by atoms with van der Waals surface area (Å²) in [6, 6.07) is 2.01. The van der Waals surface area contributed by atoms with Gasteiger partial charge in [0.05, 0.1) is 6.54 Å². The fourth-order valence-electron chi connectivity index (χ4n) is 4.17. The summed E-state index contributed by atoms with van der Waals surface area (Å²) < 4.78 is 2.24. The first-order chi connectivity index (χ1) is 12.7. The van der Waals surface area contributed by atoms with Crippen molar-refractivity contribution in [2.75, 3.05) is 31.1 Å². The molecule has 2 aromatic heterocycles. The van der Waals surface area contributed by atoms with Crippen molar-refractivity contribution in [1.29, 1.82) is 0 Å². The normalized spacial score (nSPS) is 19.8. The standard InChI is InChI=1S/C19H29N7/c1-15-20-9-6-17(21-15)26-12-7-16(8-13-26)19-23-22-18(24(19)2)14-25-10-4-3-5-11-25/h6,9,16H,3-5,7-8,10-14H2,1-2H3. The Morgan fingerprint density at radius 1 is 1.04 bits per heavy atom. The highest BCUT2D eigenvalue weighted by Gasteiger charge is 2.26. The van der Waals surface area contributed by atoms with E-state index < -0.39 is 0 Å². The highest BCUT2D eigenvalue weighted by Crippen LogP contribution is 2.29. The first-order valence-electron chi connectivity index (χ1n) is 9.86. The molecule has 2 aromatic rings. The van der Waals surface area contributed by atoms with E-state index in [0.717, 1.165) is 55.8 Å². The van der Waals surface area contributed by atoms with Gasteiger partial charge in [-0.2, -0.15) is 0 Å². The third-order valence-corrected chi connectivity index (χ3v) is 5.76. The van der Waals surface area contributed by atoms with E-state index in [1.54, 1.807) is 0 Å². The van der Waals surface area contributed by atoms with Crippen molar-refractivity contribution in [1.82, 2.24) is 29.6 Å². The first-order valence-corrected chi connectivity index (χ1v) is 9.86. The van der Waals surface area contributed by atoms with E-state index in [0.29, 0.717) is 5.92 Å². The smallest absolute Gasteiger partial charge is 0.146 e. The molecule has 2 aliphatic rings. The van der Waals surface area contributed by atoms with Gasteiger partial charge in [0, 0.05) is 32.3 Å². The lowest BCUT2D eigenvalue weighted by Gasteiger charge is -2.32. The van der Waals surface area contributed by atoms with E-state index in [-0.39, 0.29) is 0 Å². The third kappa shape index (κ3) is 3.72. The summed E-state index contributed by atoms with van der Waals surface area (Å²) in [5, 5.41) is 9.07. The topological polar surface area (TPSA) is 63.0 Å². The maximum Gasteiger partial charge on any atom is 0.146 e. The Morgan fingerprint density at radius 2 is 1.81 bits per heavy atom. The summed E-state index contributed by atoms with van der Waals surface area (Å²) in [7, 11) is 2.13. The van der Waals surface area contributed by atoms with Crippen molar-refractivity contribution in [3.63, 3.8) is 0 Å². The Balaban J connectivity index is 1.38. The summed E-state index contributed by atoms with van der Waals surface area (Å²) in [4.78, 5) is 13.6. The minimum Gasteiger partial charge on any atom is -0.356 e. The second-order valence-corrected chi connectivity index (χ2v) is 7.59. The average Bonchev–Trinajstić information content (AvgIpc) is 3.03. The van der Waals surface area contributed by atoms with Crippen molar-refractivity contribution < 1.29 is 0 Å². The number of likely N-dealkylation sites (tertiary alicyclic amines) is 1. The molecule has 0 radical (unpaired) electrons. The van der Waals surface area contributed by atoms with Crippen LogP contribution in [0.2, 0.25) is 0 Å². The van der Waals surface area contributed by atoms with Gasteiger partial charge in [0.15, 0.2) is 0 Å². The van der Waals surface area contributed by atoms with Gasteiger partial charge < -0.3 is 9.47 Å². The predicted octanol–water partition coefficient (Wildman–Crippen LogP) is 2.28. The minimum atomic E-state index is 0.488. The molecular formula is C19H29N7. The Labute approximate surface area is 155 Å². The van der Waals surface area contributed by atoms with Crippen LogP contribution < -0.4 is 4.90 Å². The molecule has 140 valence electrons. The van der Waals surface area contributed by atoms with Gasteiger partial charge in [-0.1, -0.05) is 6.42 Å². The molecule has 26 heavy (non-hydrogen) atoms. The molecule has 4 rings (SSSR count). The summed E-state index contributed by atoms with van der Waals surface area (Å²) in [5.74, 6) is 4.62. The molecule has 2 fully saturated rings. The number of hydrogen-bond acceptors (Lipinski definition) is 6. The number of anilines is 1. The summed E-state index contributed by atoms with van der Waals surface area (Å²) in [5.41, 5.74) is 0. The number of piperidine rings is 2. The molecule has 0 saturated carbocycles. The van der Waals surface area contributed by atoms with Crippen LogP contribution in [-0.2, 0) is 13.6 Å². The maximum atomic E-state index is 4.56. The second kappa shape index (κ2) is 7.70. The average molecular weight is 355 g/mol. The molecule has 0 atom stereocenters. The zero-order chi connectivity index (χ0) is 17.9. The SMILES string of the molecule is Cc1nccc(N2CCC(c3nnc(CN4CCCCC4)n3C)CC2)n1. The second-order valence-electron chi connectivity index (χ2n) is 7.59. The van der Waals surface area contributed by atoms with Crippen molar-refractivity contribution in [2.24, 2.45) is 7.05 Å². The molecule has 7 heteroatoms. The van der Waals surface area contributed by atoms with Crippen LogP contribution >= 0.6 is 0 Å². The zero-order valence-corrected chi connectivity index (χ0v) is 15.9. The van der Waals surface area contributed by atoms with Crippen LogP contribution in [0.5, 0.6) is 0 Å². The molecule has 4 heterocycles. The molecule has 0 amide bonds. The summed E-state index contributed by atoms with van der Waals surface area (Å²) >= 11 is 0. The maximum absolute atomic E-state index is 4.56. The lowest BCUT2D eigenvalue weighted by molar-refractivity contribution is 0.213. The van der Waals surface area contributed by atoms with E-state index in [1.807, 2.05) is 19.2 Å². The van der Waals surface area contributed by atoms with Gasteiger partial charge in [-0.3, -0.25) is 4.90 Å². The lowest BCUT2D eigenvalue weighted by Crippen LogP contribution is -2.34. The minimum absolute atomic E-state index is 0.488. The highest BCUT2D eigenvalue weighted by atomic mass is 15.3. The van der Waals surface area contributed by atoms with Gasteiger partial charge in [-0.15, -0.1) is 10.2 Å². The number of nitrogens with zero attached hydrogens (tertiary/aromatic N) is 7. The van der Waals surface area contributed by atoms with E-state index in [4.69, 9.17) is 0 Å². The van der Waals surface area contributed by atoms with Gasteiger partial charge in [0.1, 0.15) is 23.3 Å². The van der Waals surface area contributed by atoms with E-state index >= 15 is 0 Å². The van der Waals surface area contributed by atoms with Crippen LogP contribution in [0.3, 0.4) is 0 Å². The predicted molar refractivity (Wildman–Crippen MR) is 101 cm³/mol. The van der Waals surface area contributed by atoms with Gasteiger partial charge in [-0.05, 0) is 51.8 Å². The fraction of sp³-hybridized carbons (Fsp3) is 0.684. The summed E-state index contributed by atoms with van der Waals surface area (Å²) in [6.45, 7) is 7.28.